The number of hydrogen-bond donors (Lipinski definition) is 1. The number of aliphatic hydroxyl groups is 1. The van der Waals surface area contributed by atoms with Crippen molar-refractivity contribution in [2.24, 2.45) is 0 Å². The third kappa shape index (κ3) is 26.9. The van der Waals surface area contributed by atoms with Crippen molar-refractivity contribution < 1.29 is 84.0 Å². The van der Waals surface area contributed by atoms with Crippen molar-refractivity contribution >= 4 is 11.9 Å². The predicted octanol–water partition coefficient (Wildman–Crippen LogP) is -3.97. The molecular weight excluding hydrogens is 404 g/mol. The summed E-state index contributed by atoms with van der Waals surface area (Å²) >= 11 is 0. The molecule has 30 heavy (non-hydrogen) atoms. The largest absolute Gasteiger partial charge is 1.00 e. The van der Waals surface area contributed by atoms with Gasteiger partial charge in [-0.15, -0.1) is 0 Å². The zero-order chi connectivity index (χ0) is 21.0. The molecule has 0 rings (SSSR count). The molecule has 0 radical (unpaired) electrons. The van der Waals surface area contributed by atoms with Crippen LogP contribution in [-0.2, 0) is 9.59 Å². The Bertz CT molecular complexity index is 384. The van der Waals surface area contributed by atoms with Crippen LogP contribution in [0.1, 0.15) is 103 Å². The fourth-order valence-electron chi connectivity index (χ4n) is 3.45. The zero-order valence-electron chi connectivity index (χ0n) is 19.8. The van der Waals surface area contributed by atoms with Gasteiger partial charge in [0.25, 0.3) is 0 Å². The van der Waals surface area contributed by atoms with Gasteiger partial charge in [0.1, 0.15) is 0 Å². The molecule has 0 heterocycles. The van der Waals surface area contributed by atoms with E-state index in [2.05, 4.69) is 6.92 Å². The van der Waals surface area contributed by atoms with E-state index in [0.29, 0.717) is 12.8 Å². The van der Waals surface area contributed by atoms with Crippen LogP contribution in [0.2, 0.25) is 0 Å². The summed E-state index contributed by atoms with van der Waals surface area (Å²) in [5, 5.41) is 31.2. The van der Waals surface area contributed by atoms with Crippen LogP contribution in [0.5, 0.6) is 0 Å². The Balaban J connectivity index is -0.00000364. The summed E-state index contributed by atoms with van der Waals surface area (Å²) in [6, 6.07) is 0. The fraction of sp³-hybridized carbons (Fsp3) is 0.909. The Hall–Kier alpha value is 0.860. The van der Waals surface area contributed by atoms with Crippen LogP contribution in [0.25, 0.3) is 0 Å². The first-order valence-electron chi connectivity index (χ1n) is 11.3. The van der Waals surface area contributed by atoms with E-state index in [0.717, 1.165) is 12.8 Å². The van der Waals surface area contributed by atoms with Crippen molar-refractivity contribution in [1.82, 2.24) is 4.90 Å². The van der Waals surface area contributed by atoms with Gasteiger partial charge in [0.05, 0.1) is 18.0 Å². The number of rotatable bonds is 21. The summed E-state index contributed by atoms with van der Waals surface area (Å²) in [7, 11) is 0. The number of carboxylic acid groups (broad SMARTS) is 2. The van der Waals surface area contributed by atoms with Crippen LogP contribution in [0, 0.1) is 0 Å². The van der Waals surface area contributed by atoms with E-state index >= 15 is 0 Å². The third-order valence-corrected chi connectivity index (χ3v) is 5.12. The van der Waals surface area contributed by atoms with E-state index in [9.17, 15) is 24.9 Å². The van der Waals surface area contributed by atoms with Crippen molar-refractivity contribution in [3.63, 3.8) is 0 Å². The van der Waals surface area contributed by atoms with Crippen molar-refractivity contribution in [2.45, 2.75) is 109 Å². The average Bonchev–Trinajstić information content (AvgIpc) is 2.62. The maximum atomic E-state index is 10.6. The van der Waals surface area contributed by atoms with E-state index in [1.54, 1.807) is 0 Å². The Morgan fingerprint density at radius 1 is 0.700 bits per heavy atom. The summed E-state index contributed by atoms with van der Waals surface area (Å²) in [4.78, 5) is 22.5. The second-order valence-electron chi connectivity index (χ2n) is 7.93. The summed E-state index contributed by atoms with van der Waals surface area (Å²) in [6.45, 7) is 1.54. The van der Waals surface area contributed by atoms with Gasteiger partial charge in [-0.1, -0.05) is 90.4 Å². The van der Waals surface area contributed by atoms with E-state index in [1.165, 1.54) is 75.5 Å². The number of nitrogens with zero attached hydrogens (tertiary/aromatic N) is 1. The standard InChI is InChI=1S/C22H43NO5.2Na/c1-2-3-4-5-6-7-8-9-10-11-12-13-14-15-20(24)16-17-23(18-21(25)26)19-22(27)28;;/h20,24H,2-19H2,1H3,(H,25,26)(H,27,28);;/q;2*+1/p-2. The number of carbonyl (C=O) groups is 2. The topological polar surface area (TPSA) is 104 Å². The molecule has 0 amide bonds. The van der Waals surface area contributed by atoms with E-state index in [-0.39, 0.29) is 65.7 Å². The van der Waals surface area contributed by atoms with E-state index < -0.39 is 31.1 Å². The van der Waals surface area contributed by atoms with Crippen molar-refractivity contribution in [3.8, 4) is 0 Å². The minimum absolute atomic E-state index is 0. The maximum Gasteiger partial charge on any atom is 1.00 e. The average molecular weight is 446 g/mol. The van der Waals surface area contributed by atoms with Gasteiger partial charge in [-0.05, 0) is 12.8 Å². The number of unbranched alkanes of at least 4 members (excludes halogenated alkanes) is 12. The smallest absolute Gasteiger partial charge is 0.549 e. The molecule has 6 nitrogen and oxygen atoms in total. The van der Waals surface area contributed by atoms with Crippen LogP contribution in [0.3, 0.4) is 0 Å². The minimum Gasteiger partial charge on any atom is -0.549 e. The van der Waals surface area contributed by atoms with Gasteiger partial charge in [-0.25, -0.2) is 0 Å². The molecular formula is C22H41NNa2O5. The van der Waals surface area contributed by atoms with Crippen molar-refractivity contribution in [1.29, 1.82) is 0 Å². The molecule has 1 unspecified atom stereocenters. The normalized spacial score (nSPS) is 11.6. The van der Waals surface area contributed by atoms with E-state index in [4.69, 9.17) is 0 Å². The summed E-state index contributed by atoms with van der Waals surface area (Å²) in [6.07, 6.45) is 17.1. The van der Waals surface area contributed by atoms with Crippen molar-refractivity contribution in [3.05, 3.63) is 0 Å². The number of aliphatic hydroxyl groups excluding tert-OH is 1. The second kappa shape index (κ2) is 26.1. The molecule has 1 atom stereocenters. The second-order valence-corrected chi connectivity index (χ2v) is 7.93. The quantitative estimate of drug-likeness (QED) is 0.143. The first-order chi connectivity index (χ1) is 13.5. The van der Waals surface area contributed by atoms with Crippen LogP contribution in [0.15, 0.2) is 0 Å². The van der Waals surface area contributed by atoms with E-state index in [1.807, 2.05) is 0 Å². The molecule has 1 N–H and O–H groups in total. The Kier molecular flexibility index (Phi) is 30.9. The Morgan fingerprint density at radius 2 is 1.07 bits per heavy atom. The number of hydrogen-bond acceptors (Lipinski definition) is 6. The number of aliphatic carboxylic acids is 2. The number of carboxylic acids is 2. The predicted molar refractivity (Wildman–Crippen MR) is 107 cm³/mol. The molecule has 0 saturated carbocycles. The molecule has 0 aliphatic carbocycles. The Morgan fingerprint density at radius 3 is 1.43 bits per heavy atom. The molecule has 0 aromatic rings. The van der Waals surface area contributed by atoms with Gasteiger partial charge in [-0.2, -0.15) is 0 Å². The first kappa shape index (κ1) is 35.4. The summed E-state index contributed by atoms with van der Waals surface area (Å²) < 4.78 is 0. The first-order valence-corrected chi connectivity index (χ1v) is 11.3. The van der Waals surface area contributed by atoms with Crippen LogP contribution in [-0.4, -0.2) is 47.7 Å². The van der Waals surface area contributed by atoms with Gasteiger partial charge in [-0.3, -0.25) is 4.90 Å². The molecule has 0 bridgehead atoms. The van der Waals surface area contributed by atoms with Gasteiger partial charge >= 0.3 is 59.1 Å². The van der Waals surface area contributed by atoms with Gasteiger partial charge in [0.2, 0.25) is 0 Å². The molecule has 166 valence electrons. The molecule has 0 spiro atoms. The zero-order valence-corrected chi connectivity index (χ0v) is 23.8. The van der Waals surface area contributed by atoms with Crippen molar-refractivity contribution in [2.75, 3.05) is 19.6 Å². The fourth-order valence-corrected chi connectivity index (χ4v) is 3.45. The Labute approximate surface area is 228 Å². The molecule has 8 heteroatoms. The van der Waals surface area contributed by atoms with Crippen LogP contribution >= 0.6 is 0 Å². The summed E-state index contributed by atoms with van der Waals surface area (Å²) in [5.41, 5.74) is 0. The number of carbonyl (C=O) groups excluding carboxylic acids is 2. The molecule has 0 fully saturated rings. The molecule has 0 aromatic carbocycles. The third-order valence-electron chi connectivity index (χ3n) is 5.12. The minimum atomic E-state index is -1.33. The monoisotopic (exact) mass is 445 g/mol. The van der Waals surface area contributed by atoms with Crippen LogP contribution in [0.4, 0.5) is 0 Å². The SMILES string of the molecule is CCCCCCCCCCCCCCCC(O)CCN(CC(=O)[O-])CC(=O)[O-].[Na+].[Na+]. The van der Waals surface area contributed by atoms with Gasteiger partial charge in [0, 0.05) is 19.6 Å². The van der Waals surface area contributed by atoms with Crippen LogP contribution < -0.4 is 69.3 Å². The van der Waals surface area contributed by atoms with Gasteiger partial charge in [0.15, 0.2) is 0 Å². The molecule has 0 aliphatic rings. The molecule has 0 aliphatic heterocycles. The molecule has 0 saturated heterocycles. The maximum absolute atomic E-state index is 10.6. The molecule has 0 aromatic heterocycles. The van der Waals surface area contributed by atoms with Gasteiger partial charge < -0.3 is 24.9 Å². The summed E-state index contributed by atoms with van der Waals surface area (Å²) in [5.74, 6) is -2.65.